The van der Waals surface area contributed by atoms with Crippen LogP contribution in [-0.4, -0.2) is 49.2 Å². The van der Waals surface area contributed by atoms with Gasteiger partial charge in [0.05, 0.1) is 20.8 Å². The summed E-state index contributed by atoms with van der Waals surface area (Å²) in [5.41, 5.74) is 0.868. The molecule has 0 radical (unpaired) electrons. The van der Waals surface area contributed by atoms with E-state index in [9.17, 15) is 4.79 Å². The Morgan fingerprint density at radius 1 is 1.22 bits per heavy atom. The number of aromatic nitrogens is 1. The van der Waals surface area contributed by atoms with Crippen molar-refractivity contribution in [1.82, 2.24) is 9.88 Å². The van der Waals surface area contributed by atoms with Gasteiger partial charge in [0.25, 0.3) is 0 Å². The second-order valence-electron chi connectivity index (χ2n) is 6.08. The van der Waals surface area contributed by atoms with E-state index in [2.05, 4.69) is 20.9 Å². The van der Waals surface area contributed by atoms with Crippen molar-refractivity contribution in [1.29, 1.82) is 0 Å². The van der Waals surface area contributed by atoms with Crippen LogP contribution in [0.15, 0.2) is 47.1 Å². The smallest absolute Gasteiger partial charge is 0.246 e. The number of halogens is 1. The molecule has 0 spiro atoms. The minimum Gasteiger partial charge on any atom is -0.493 e. The molecule has 0 unspecified atom stereocenters. The zero-order chi connectivity index (χ0) is 19.2. The highest BCUT2D eigenvalue weighted by Gasteiger charge is 2.26. The monoisotopic (exact) mass is 432 g/mol. The molecule has 1 amide bonds. The van der Waals surface area contributed by atoms with E-state index in [1.807, 2.05) is 30.3 Å². The van der Waals surface area contributed by atoms with E-state index < -0.39 is 0 Å². The van der Waals surface area contributed by atoms with E-state index in [0.717, 1.165) is 16.5 Å². The lowest BCUT2D eigenvalue weighted by atomic mass is 10.2. The zero-order valence-corrected chi connectivity index (χ0v) is 16.8. The number of likely N-dealkylation sites (tertiary alicyclic amines) is 1. The first kappa shape index (κ1) is 19.2. The van der Waals surface area contributed by atoms with Gasteiger partial charge in [0.1, 0.15) is 6.10 Å². The normalized spacial score (nSPS) is 16.6. The van der Waals surface area contributed by atoms with Gasteiger partial charge in [0, 0.05) is 35.8 Å². The molecule has 1 saturated heterocycles. The number of methoxy groups -OCH3 is 2. The average Bonchev–Trinajstić information content (AvgIpc) is 3.16. The maximum absolute atomic E-state index is 12.4. The predicted octanol–water partition coefficient (Wildman–Crippen LogP) is 3.55. The van der Waals surface area contributed by atoms with E-state index in [1.54, 1.807) is 37.5 Å². The summed E-state index contributed by atoms with van der Waals surface area (Å²) in [5, 5.41) is 0. The summed E-state index contributed by atoms with van der Waals surface area (Å²) in [6.07, 6.45) is 5.78. The Morgan fingerprint density at radius 2 is 2.04 bits per heavy atom. The molecule has 0 aliphatic carbocycles. The molecule has 7 heteroatoms. The number of benzene rings is 1. The fourth-order valence-electron chi connectivity index (χ4n) is 2.86. The fraction of sp³-hybridized carbons (Fsp3) is 0.300. The highest BCUT2D eigenvalue weighted by atomic mass is 79.9. The van der Waals surface area contributed by atoms with Gasteiger partial charge in [0.15, 0.2) is 11.5 Å². The number of amides is 1. The van der Waals surface area contributed by atoms with Gasteiger partial charge in [-0.2, -0.15) is 0 Å². The van der Waals surface area contributed by atoms with Gasteiger partial charge in [-0.05, 0) is 45.8 Å². The van der Waals surface area contributed by atoms with Crippen molar-refractivity contribution in [2.75, 3.05) is 27.3 Å². The fourth-order valence-corrected chi connectivity index (χ4v) is 3.09. The molecule has 0 bridgehead atoms. The minimum absolute atomic E-state index is 0.0420. The van der Waals surface area contributed by atoms with Crippen LogP contribution in [0.25, 0.3) is 6.08 Å². The van der Waals surface area contributed by atoms with E-state index in [0.29, 0.717) is 30.5 Å². The Kier molecular flexibility index (Phi) is 6.34. The summed E-state index contributed by atoms with van der Waals surface area (Å²) in [6.45, 7) is 1.21. The maximum Gasteiger partial charge on any atom is 0.246 e. The molecule has 1 atom stereocenters. The number of carbonyl (C=O) groups excluding carboxylic acids is 1. The second kappa shape index (κ2) is 8.90. The van der Waals surface area contributed by atoms with Crippen LogP contribution in [0.3, 0.4) is 0 Å². The third kappa shape index (κ3) is 5.01. The van der Waals surface area contributed by atoms with Crippen molar-refractivity contribution in [3.63, 3.8) is 0 Å². The molecule has 2 aromatic rings. The largest absolute Gasteiger partial charge is 0.493 e. The molecule has 6 nitrogen and oxygen atoms in total. The Balaban J connectivity index is 1.57. The Bertz CT molecular complexity index is 823. The van der Waals surface area contributed by atoms with Gasteiger partial charge in [-0.15, -0.1) is 0 Å². The molecule has 3 rings (SSSR count). The molecule has 1 aliphatic rings. The number of ether oxygens (including phenoxy) is 3. The molecule has 142 valence electrons. The van der Waals surface area contributed by atoms with E-state index in [4.69, 9.17) is 14.2 Å². The van der Waals surface area contributed by atoms with Crippen molar-refractivity contribution >= 4 is 27.9 Å². The van der Waals surface area contributed by atoms with Crippen molar-refractivity contribution in [3.05, 3.63) is 52.6 Å². The molecule has 1 aromatic carbocycles. The second-order valence-corrected chi connectivity index (χ2v) is 6.99. The van der Waals surface area contributed by atoms with Gasteiger partial charge < -0.3 is 19.1 Å². The minimum atomic E-state index is -0.0443. The number of hydrogen-bond donors (Lipinski definition) is 0. The third-order valence-electron chi connectivity index (χ3n) is 4.27. The van der Waals surface area contributed by atoms with Crippen molar-refractivity contribution in [3.8, 4) is 17.4 Å². The highest BCUT2D eigenvalue weighted by molar-refractivity contribution is 9.10. The van der Waals surface area contributed by atoms with Crippen LogP contribution in [0.1, 0.15) is 12.0 Å². The van der Waals surface area contributed by atoms with Crippen LogP contribution in [0, 0.1) is 0 Å². The lowest BCUT2D eigenvalue weighted by molar-refractivity contribution is -0.125. The first-order valence-electron chi connectivity index (χ1n) is 8.56. The van der Waals surface area contributed by atoms with E-state index >= 15 is 0 Å². The van der Waals surface area contributed by atoms with Gasteiger partial charge in [-0.1, -0.05) is 6.07 Å². The van der Waals surface area contributed by atoms with Crippen LogP contribution < -0.4 is 14.2 Å². The van der Waals surface area contributed by atoms with Crippen LogP contribution in [0.4, 0.5) is 0 Å². The summed E-state index contributed by atoms with van der Waals surface area (Å²) in [4.78, 5) is 18.4. The molecule has 1 aromatic heterocycles. The van der Waals surface area contributed by atoms with Crippen LogP contribution >= 0.6 is 15.9 Å². The summed E-state index contributed by atoms with van der Waals surface area (Å²) in [7, 11) is 3.17. The Labute approximate surface area is 166 Å². The molecule has 27 heavy (non-hydrogen) atoms. The van der Waals surface area contributed by atoms with Gasteiger partial charge >= 0.3 is 0 Å². The maximum atomic E-state index is 12.4. The first-order chi connectivity index (χ1) is 13.1. The van der Waals surface area contributed by atoms with Gasteiger partial charge in [-0.25, -0.2) is 4.98 Å². The van der Waals surface area contributed by atoms with Gasteiger partial charge in [0.2, 0.25) is 11.8 Å². The molecule has 0 saturated carbocycles. The van der Waals surface area contributed by atoms with E-state index in [1.165, 1.54) is 0 Å². The Morgan fingerprint density at radius 3 is 2.74 bits per heavy atom. The quantitative estimate of drug-likeness (QED) is 0.653. The van der Waals surface area contributed by atoms with Gasteiger partial charge in [-0.3, -0.25) is 4.79 Å². The van der Waals surface area contributed by atoms with E-state index in [-0.39, 0.29) is 12.0 Å². The molecule has 1 aliphatic heterocycles. The molecule has 0 N–H and O–H groups in total. The summed E-state index contributed by atoms with van der Waals surface area (Å²) >= 11 is 3.35. The zero-order valence-electron chi connectivity index (χ0n) is 15.2. The number of rotatable bonds is 6. The third-order valence-corrected chi connectivity index (χ3v) is 4.74. The standard InChI is InChI=1S/C20H21BrN2O4/c1-25-17-6-3-14(11-18(17)26-2)4-8-20(24)23-10-9-16(13-23)27-19-7-5-15(21)12-22-19/h3-8,11-12,16H,9-10,13H2,1-2H3/b8-4+/t16-/m1/s1. The van der Waals surface area contributed by atoms with Crippen LogP contribution in [0.5, 0.6) is 17.4 Å². The Hall–Kier alpha value is -2.54. The van der Waals surface area contributed by atoms with Crippen molar-refractivity contribution < 1.29 is 19.0 Å². The SMILES string of the molecule is COc1ccc(/C=C/C(=O)N2CC[C@@H](Oc3ccc(Br)cn3)C2)cc1OC. The summed E-state index contributed by atoms with van der Waals surface area (Å²) < 4.78 is 17.3. The van der Waals surface area contributed by atoms with Crippen LogP contribution in [0.2, 0.25) is 0 Å². The average molecular weight is 433 g/mol. The predicted molar refractivity (Wildman–Crippen MR) is 106 cm³/mol. The molecule has 1 fully saturated rings. The van der Waals surface area contributed by atoms with Crippen molar-refractivity contribution in [2.24, 2.45) is 0 Å². The van der Waals surface area contributed by atoms with Crippen LogP contribution in [-0.2, 0) is 4.79 Å². The number of hydrogen-bond acceptors (Lipinski definition) is 5. The first-order valence-corrected chi connectivity index (χ1v) is 9.35. The lowest BCUT2D eigenvalue weighted by Crippen LogP contribution is -2.29. The number of pyridine rings is 1. The highest BCUT2D eigenvalue weighted by Crippen LogP contribution is 2.28. The number of carbonyl (C=O) groups is 1. The molecule has 2 heterocycles. The number of nitrogens with zero attached hydrogens (tertiary/aromatic N) is 2. The topological polar surface area (TPSA) is 60.9 Å². The summed E-state index contributed by atoms with van der Waals surface area (Å²) in [6, 6.07) is 9.21. The molecular formula is C20H21BrN2O4. The lowest BCUT2D eigenvalue weighted by Gasteiger charge is -2.15. The molecular weight excluding hydrogens is 412 g/mol. The summed E-state index contributed by atoms with van der Waals surface area (Å²) in [5.74, 6) is 1.81. The van der Waals surface area contributed by atoms with Crippen molar-refractivity contribution in [2.45, 2.75) is 12.5 Å².